The zero-order valence-electron chi connectivity index (χ0n) is 12.4. The Hall–Kier alpha value is -2.37. The molecule has 0 saturated carbocycles. The number of oxazole rings is 1. The van der Waals surface area contributed by atoms with Gasteiger partial charge in [-0.25, -0.2) is 9.97 Å². The zero-order valence-corrected chi connectivity index (χ0v) is 12.4. The van der Waals surface area contributed by atoms with Crippen molar-refractivity contribution in [2.24, 2.45) is 5.73 Å². The van der Waals surface area contributed by atoms with Gasteiger partial charge in [0.05, 0.1) is 6.20 Å². The Morgan fingerprint density at radius 3 is 2.52 bits per heavy atom. The van der Waals surface area contributed by atoms with Crippen LogP contribution in [-0.4, -0.2) is 29.0 Å². The Bertz CT molecular complexity index is 590. The number of carbonyl (C=O) groups is 1. The number of aromatic nitrogens is 2. The second-order valence-electron chi connectivity index (χ2n) is 4.79. The summed E-state index contributed by atoms with van der Waals surface area (Å²) in [4.78, 5) is 22.3. The summed E-state index contributed by atoms with van der Waals surface area (Å²) in [5.74, 6) is 0.620. The second kappa shape index (κ2) is 6.88. The molecule has 1 amide bonds. The first-order valence-electron chi connectivity index (χ1n) is 7.12. The Labute approximate surface area is 124 Å². The monoisotopic (exact) mass is 288 g/mol. The van der Waals surface area contributed by atoms with Crippen molar-refractivity contribution in [1.29, 1.82) is 0 Å². The summed E-state index contributed by atoms with van der Waals surface area (Å²) in [6, 6.07) is 3.33. The molecule has 6 heteroatoms. The van der Waals surface area contributed by atoms with E-state index in [2.05, 4.69) is 28.7 Å². The van der Waals surface area contributed by atoms with Crippen LogP contribution in [0.2, 0.25) is 0 Å². The predicted molar refractivity (Wildman–Crippen MR) is 81.0 cm³/mol. The van der Waals surface area contributed by atoms with Crippen molar-refractivity contribution in [2.75, 3.05) is 18.0 Å². The van der Waals surface area contributed by atoms with Crippen LogP contribution in [0.5, 0.6) is 0 Å². The first-order chi connectivity index (χ1) is 10.2. The molecule has 6 nitrogen and oxygen atoms in total. The highest BCUT2D eigenvalue weighted by Crippen LogP contribution is 2.22. The van der Waals surface area contributed by atoms with Crippen molar-refractivity contribution in [3.8, 4) is 11.6 Å². The van der Waals surface area contributed by atoms with Crippen molar-refractivity contribution in [2.45, 2.75) is 26.7 Å². The van der Waals surface area contributed by atoms with Crippen LogP contribution in [-0.2, 0) is 0 Å². The summed E-state index contributed by atoms with van der Waals surface area (Å²) in [6.07, 6.45) is 5.01. The molecule has 0 radical (unpaired) electrons. The molecular weight excluding hydrogens is 268 g/mol. The van der Waals surface area contributed by atoms with E-state index < -0.39 is 5.91 Å². The molecule has 2 aromatic rings. The molecule has 0 bridgehead atoms. The molecule has 0 aliphatic carbocycles. The molecule has 2 heterocycles. The highest BCUT2D eigenvalue weighted by Gasteiger charge is 2.15. The van der Waals surface area contributed by atoms with Crippen LogP contribution in [0, 0.1) is 0 Å². The lowest BCUT2D eigenvalue weighted by Crippen LogP contribution is -2.26. The third-order valence-corrected chi connectivity index (χ3v) is 3.06. The van der Waals surface area contributed by atoms with Gasteiger partial charge in [0.2, 0.25) is 11.8 Å². The van der Waals surface area contributed by atoms with Crippen LogP contribution in [0.1, 0.15) is 37.0 Å². The minimum atomic E-state index is -0.487. The van der Waals surface area contributed by atoms with Crippen LogP contribution >= 0.6 is 0 Å². The number of pyridine rings is 1. The van der Waals surface area contributed by atoms with E-state index in [9.17, 15) is 4.79 Å². The van der Waals surface area contributed by atoms with Gasteiger partial charge in [-0.2, -0.15) is 0 Å². The minimum absolute atomic E-state index is 0.382. The maximum Gasteiger partial charge on any atom is 0.248 e. The number of nitrogens with two attached hydrogens (primary N) is 1. The molecule has 0 aliphatic rings. The van der Waals surface area contributed by atoms with E-state index in [4.69, 9.17) is 10.2 Å². The quantitative estimate of drug-likeness (QED) is 0.845. The molecule has 0 unspecified atom stereocenters. The van der Waals surface area contributed by atoms with Crippen LogP contribution in [0.15, 0.2) is 29.0 Å². The molecule has 0 aromatic carbocycles. The number of amides is 1. The number of rotatable bonds is 7. The molecule has 0 aliphatic heterocycles. The smallest absolute Gasteiger partial charge is 0.248 e. The fourth-order valence-corrected chi connectivity index (χ4v) is 2.16. The van der Waals surface area contributed by atoms with E-state index in [0.717, 1.165) is 31.7 Å². The summed E-state index contributed by atoms with van der Waals surface area (Å²) in [7, 11) is 0. The molecule has 0 fully saturated rings. The van der Waals surface area contributed by atoms with E-state index >= 15 is 0 Å². The molecule has 2 rings (SSSR count). The molecule has 0 saturated heterocycles. The van der Waals surface area contributed by atoms with Crippen molar-refractivity contribution in [1.82, 2.24) is 9.97 Å². The van der Waals surface area contributed by atoms with Gasteiger partial charge in [0.25, 0.3) is 0 Å². The zero-order chi connectivity index (χ0) is 15.2. The maximum absolute atomic E-state index is 11.5. The van der Waals surface area contributed by atoms with E-state index in [1.807, 2.05) is 0 Å². The first-order valence-corrected chi connectivity index (χ1v) is 7.12. The maximum atomic E-state index is 11.5. The Kier molecular flexibility index (Phi) is 4.92. The minimum Gasteiger partial charge on any atom is -0.443 e. The number of nitrogens with zero attached hydrogens (tertiary/aromatic N) is 3. The summed E-state index contributed by atoms with van der Waals surface area (Å²) in [5.41, 5.74) is 6.34. The third-order valence-electron chi connectivity index (χ3n) is 3.06. The van der Waals surface area contributed by atoms with Crippen LogP contribution < -0.4 is 10.6 Å². The third kappa shape index (κ3) is 3.59. The van der Waals surface area contributed by atoms with Gasteiger partial charge in [-0.3, -0.25) is 4.79 Å². The summed E-state index contributed by atoms with van der Waals surface area (Å²) in [5, 5.41) is 0. The van der Waals surface area contributed by atoms with Gasteiger partial charge < -0.3 is 15.1 Å². The summed E-state index contributed by atoms with van der Waals surface area (Å²) in [6.45, 7) is 5.95. The first kappa shape index (κ1) is 15.0. The van der Waals surface area contributed by atoms with Gasteiger partial charge >= 0.3 is 0 Å². The van der Waals surface area contributed by atoms with Crippen molar-refractivity contribution >= 4 is 11.7 Å². The predicted octanol–water partition coefficient (Wildman–Crippen LogP) is 2.46. The fourth-order valence-electron chi connectivity index (χ4n) is 2.16. The average Bonchev–Trinajstić information content (AvgIpc) is 3.01. The van der Waals surface area contributed by atoms with E-state index in [1.54, 1.807) is 18.3 Å². The normalized spacial score (nSPS) is 10.6. The van der Waals surface area contributed by atoms with Gasteiger partial charge in [0.1, 0.15) is 17.8 Å². The molecule has 0 spiro atoms. The van der Waals surface area contributed by atoms with Gasteiger partial charge in [0.15, 0.2) is 0 Å². The van der Waals surface area contributed by atoms with E-state index in [-0.39, 0.29) is 0 Å². The highest BCUT2D eigenvalue weighted by atomic mass is 16.3. The van der Waals surface area contributed by atoms with Gasteiger partial charge in [-0.1, -0.05) is 13.8 Å². The van der Waals surface area contributed by atoms with Gasteiger partial charge in [-0.15, -0.1) is 0 Å². The number of anilines is 1. The molecule has 21 heavy (non-hydrogen) atoms. The number of primary amides is 1. The van der Waals surface area contributed by atoms with Crippen molar-refractivity contribution in [3.63, 3.8) is 0 Å². The van der Waals surface area contributed by atoms with Gasteiger partial charge in [0, 0.05) is 18.7 Å². The lowest BCUT2D eigenvalue weighted by Gasteiger charge is -2.23. The molecular formula is C15H20N4O2. The lowest BCUT2D eigenvalue weighted by molar-refractivity contribution is 0.1000. The van der Waals surface area contributed by atoms with Crippen LogP contribution in [0.4, 0.5) is 5.82 Å². The Morgan fingerprint density at radius 2 is 2.00 bits per heavy atom. The molecule has 2 N–H and O–H groups in total. The Balaban J connectivity index is 2.46. The van der Waals surface area contributed by atoms with E-state index in [0.29, 0.717) is 17.1 Å². The lowest BCUT2D eigenvalue weighted by atomic mass is 10.2. The van der Waals surface area contributed by atoms with E-state index in [1.165, 1.54) is 6.26 Å². The highest BCUT2D eigenvalue weighted by molar-refractivity contribution is 5.94. The summed E-state index contributed by atoms with van der Waals surface area (Å²) >= 11 is 0. The van der Waals surface area contributed by atoms with Crippen LogP contribution in [0.25, 0.3) is 11.6 Å². The topological polar surface area (TPSA) is 85.2 Å². The average molecular weight is 288 g/mol. The molecule has 112 valence electrons. The van der Waals surface area contributed by atoms with Crippen LogP contribution in [0.3, 0.4) is 0 Å². The number of carbonyl (C=O) groups excluding carboxylic acids is 1. The molecule has 2 aromatic heterocycles. The standard InChI is InChI=1S/C15H20N4O2/c1-3-6-19(7-4-2)13-10-11(14(16)20)9-12(18-13)15-17-5-8-21-15/h5,8-10H,3-4,6-7H2,1-2H3,(H2,16,20). The Morgan fingerprint density at radius 1 is 1.29 bits per heavy atom. The summed E-state index contributed by atoms with van der Waals surface area (Å²) < 4.78 is 5.26. The number of hydrogen-bond acceptors (Lipinski definition) is 5. The SMILES string of the molecule is CCCN(CCC)c1cc(C(N)=O)cc(-c2ncco2)n1. The van der Waals surface area contributed by atoms with Crippen molar-refractivity contribution < 1.29 is 9.21 Å². The fraction of sp³-hybridized carbons (Fsp3) is 0.400. The molecule has 0 atom stereocenters. The number of hydrogen-bond donors (Lipinski definition) is 1. The second-order valence-corrected chi connectivity index (χ2v) is 4.79. The van der Waals surface area contributed by atoms with Crippen molar-refractivity contribution in [3.05, 3.63) is 30.2 Å². The largest absolute Gasteiger partial charge is 0.443 e. The van der Waals surface area contributed by atoms with Gasteiger partial charge in [-0.05, 0) is 25.0 Å².